The van der Waals surface area contributed by atoms with E-state index >= 15 is 0 Å². The Labute approximate surface area is 114 Å². The van der Waals surface area contributed by atoms with E-state index in [2.05, 4.69) is 9.72 Å². The fraction of sp³-hybridized carbons (Fsp3) is 0.308. The standard InChI is InChI=1S/C13H14F2N2OS/c1-8-17-10(7-19-8)6-12(16)9-3-2-4-11(5-9)18-13(14)15/h2-5,7,12-13H,6,16H2,1H3. The molecular weight excluding hydrogens is 270 g/mol. The molecule has 6 heteroatoms. The summed E-state index contributed by atoms with van der Waals surface area (Å²) in [6.45, 7) is -0.899. The summed E-state index contributed by atoms with van der Waals surface area (Å²) in [5.41, 5.74) is 7.72. The summed E-state index contributed by atoms with van der Waals surface area (Å²) in [7, 11) is 0. The van der Waals surface area contributed by atoms with Crippen LogP contribution in [0.4, 0.5) is 8.78 Å². The van der Waals surface area contributed by atoms with Crippen molar-refractivity contribution in [1.82, 2.24) is 4.98 Å². The van der Waals surface area contributed by atoms with Gasteiger partial charge >= 0.3 is 6.61 Å². The summed E-state index contributed by atoms with van der Waals surface area (Å²) < 4.78 is 28.6. The molecule has 2 aromatic rings. The average molecular weight is 284 g/mol. The molecule has 0 radical (unpaired) electrons. The monoisotopic (exact) mass is 284 g/mol. The Kier molecular flexibility index (Phi) is 4.44. The maximum Gasteiger partial charge on any atom is 0.387 e. The van der Waals surface area contributed by atoms with E-state index in [-0.39, 0.29) is 11.8 Å². The minimum Gasteiger partial charge on any atom is -0.435 e. The lowest BCUT2D eigenvalue weighted by Crippen LogP contribution is -2.14. The van der Waals surface area contributed by atoms with Gasteiger partial charge in [0, 0.05) is 17.8 Å². The van der Waals surface area contributed by atoms with Gasteiger partial charge in [0.2, 0.25) is 0 Å². The first-order chi connectivity index (χ1) is 9.04. The van der Waals surface area contributed by atoms with Crippen LogP contribution in [0.5, 0.6) is 5.75 Å². The SMILES string of the molecule is Cc1nc(CC(N)c2cccc(OC(F)F)c2)cs1. The van der Waals surface area contributed by atoms with Crippen LogP contribution in [0, 0.1) is 6.92 Å². The first-order valence-electron chi connectivity index (χ1n) is 5.76. The second-order valence-corrected chi connectivity index (χ2v) is 5.18. The Morgan fingerprint density at radius 2 is 2.21 bits per heavy atom. The zero-order valence-electron chi connectivity index (χ0n) is 10.3. The number of thiazole rings is 1. The van der Waals surface area contributed by atoms with Gasteiger partial charge in [0.1, 0.15) is 5.75 Å². The van der Waals surface area contributed by atoms with Crippen molar-refractivity contribution in [3.63, 3.8) is 0 Å². The summed E-state index contributed by atoms with van der Waals surface area (Å²) in [6.07, 6.45) is 0.572. The van der Waals surface area contributed by atoms with Crippen LogP contribution >= 0.6 is 11.3 Å². The van der Waals surface area contributed by atoms with Gasteiger partial charge in [-0.15, -0.1) is 11.3 Å². The molecular formula is C13H14F2N2OS. The van der Waals surface area contributed by atoms with Crippen molar-refractivity contribution in [1.29, 1.82) is 0 Å². The van der Waals surface area contributed by atoms with Crippen LogP contribution in [-0.4, -0.2) is 11.6 Å². The molecule has 102 valence electrons. The highest BCUT2D eigenvalue weighted by Gasteiger charge is 2.11. The van der Waals surface area contributed by atoms with Crippen molar-refractivity contribution in [3.8, 4) is 5.75 Å². The summed E-state index contributed by atoms with van der Waals surface area (Å²) in [6, 6.07) is 6.18. The Morgan fingerprint density at radius 3 is 2.84 bits per heavy atom. The van der Waals surface area contributed by atoms with E-state index in [1.807, 2.05) is 12.3 Å². The molecule has 0 aliphatic rings. The minimum absolute atomic E-state index is 0.123. The fourth-order valence-corrected chi connectivity index (χ4v) is 2.39. The smallest absolute Gasteiger partial charge is 0.387 e. The molecule has 2 N–H and O–H groups in total. The predicted octanol–water partition coefficient (Wildman–Crippen LogP) is 3.30. The molecule has 0 aliphatic carbocycles. The number of ether oxygens (including phenoxy) is 1. The summed E-state index contributed by atoms with van der Waals surface area (Å²) in [4.78, 5) is 4.33. The van der Waals surface area contributed by atoms with Crippen molar-refractivity contribution in [2.24, 2.45) is 5.73 Å². The molecule has 2 rings (SSSR count). The largest absolute Gasteiger partial charge is 0.435 e. The van der Waals surface area contributed by atoms with E-state index in [0.717, 1.165) is 16.3 Å². The van der Waals surface area contributed by atoms with Crippen molar-refractivity contribution < 1.29 is 13.5 Å². The molecule has 19 heavy (non-hydrogen) atoms. The first kappa shape index (κ1) is 13.9. The molecule has 0 fully saturated rings. The third-order valence-electron chi connectivity index (χ3n) is 2.61. The van der Waals surface area contributed by atoms with Gasteiger partial charge in [0.15, 0.2) is 0 Å². The van der Waals surface area contributed by atoms with Crippen LogP contribution in [0.25, 0.3) is 0 Å². The van der Waals surface area contributed by atoms with Gasteiger partial charge in [-0.3, -0.25) is 0 Å². The second kappa shape index (κ2) is 6.08. The number of benzene rings is 1. The van der Waals surface area contributed by atoms with Crippen molar-refractivity contribution in [3.05, 3.63) is 45.9 Å². The second-order valence-electron chi connectivity index (χ2n) is 4.12. The lowest BCUT2D eigenvalue weighted by Gasteiger charge is -2.12. The van der Waals surface area contributed by atoms with Crippen molar-refractivity contribution in [2.75, 3.05) is 0 Å². The molecule has 0 aliphatic heterocycles. The van der Waals surface area contributed by atoms with E-state index in [9.17, 15) is 8.78 Å². The number of rotatable bonds is 5. The molecule has 1 aromatic heterocycles. The van der Waals surface area contributed by atoms with Crippen LogP contribution in [-0.2, 0) is 6.42 Å². The summed E-state index contributed by atoms with van der Waals surface area (Å²) in [5.74, 6) is 0.123. The minimum atomic E-state index is -2.83. The molecule has 0 saturated carbocycles. The van der Waals surface area contributed by atoms with Crippen molar-refractivity contribution in [2.45, 2.75) is 26.0 Å². The van der Waals surface area contributed by atoms with Crippen LogP contribution in [0.2, 0.25) is 0 Å². The van der Waals surface area contributed by atoms with Crippen molar-refractivity contribution >= 4 is 11.3 Å². The highest BCUT2D eigenvalue weighted by molar-refractivity contribution is 7.09. The molecule has 0 bridgehead atoms. The molecule has 0 amide bonds. The lowest BCUT2D eigenvalue weighted by molar-refractivity contribution is -0.0499. The van der Waals surface area contributed by atoms with Gasteiger partial charge < -0.3 is 10.5 Å². The van der Waals surface area contributed by atoms with E-state index in [1.54, 1.807) is 23.5 Å². The van der Waals surface area contributed by atoms with Crippen LogP contribution in [0.3, 0.4) is 0 Å². The zero-order chi connectivity index (χ0) is 13.8. The summed E-state index contributed by atoms with van der Waals surface area (Å²) in [5, 5.41) is 2.94. The third kappa shape index (κ3) is 3.97. The van der Waals surface area contributed by atoms with E-state index in [4.69, 9.17) is 5.73 Å². The highest BCUT2D eigenvalue weighted by Crippen LogP contribution is 2.22. The molecule has 1 unspecified atom stereocenters. The van der Waals surface area contributed by atoms with Gasteiger partial charge in [0.25, 0.3) is 0 Å². The quantitative estimate of drug-likeness (QED) is 0.916. The summed E-state index contributed by atoms with van der Waals surface area (Å²) >= 11 is 1.56. The predicted molar refractivity (Wildman–Crippen MR) is 70.6 cm³/mol. The fourth-order valence-electron chi connectivity index (χ4n) is 1.77. The average Bonchev–Trinajstić information content (AvgIpc) is 2.74. The van der Waals surface area contributed by atoms with Gasteiger partial charge in [-0.05, 0) is 24.6 Å². The Hall–Kier alpha value is -1.53. The Morgan fingerprint density at radius 1 is 1.42 bits per heavy atom. The number of alkyl halides is 2. The van der Waals surface area contributed by atoms with Crippen LogP contribution in [0.15, 0.2) is 29.6 Å². The number of aromatic nitrogens is 1. The maximum absolute atomic E-state index is 12.1. The number of hydrogen-bond acceptors (Lipinski definition) is 4. The highest BCUT2D eigenvalue weighted by atomic mass is 32.1. The third-order valence-corrected chi connectivity index (χ3v) is 3.43. The maximum atomic E-state index is 12.1. The molecule has 0 saturated heterocycles. The molecule has 1 aromatic carbocycles. The van der Waals surface area contributed by atoms with E-state index in [1.165, 1.54) is 12.1 Å². The van der Waals surface area contributed by atoms with Crippen LogP contribution < -0.4 is 10.5 Å². The van der Waals surface area contributed by atoms with Gasteiger partial charge in [-0.25, -0.2) is 4.98 Å². The number of nitrogens with two attached hydrogens (primary N) is 1. The van der Waals surface area contributed by atoms with Gasteiger partial charge in [0.05, 0.1) is 10.7 Å². The normalized spacial score (nSPS) is 12.7. The number of aryl methyl sites for hydroxylation is 1. The molecule has 3 nitrogen and oxygen atoms in total. The molecule has 1 heterocycles. The van der Waals surface area contributed by atoms with E-state index in [0.29, 0.717) is 6.42 Å². The number of hydrogen-bond donors (Lipinski definition) is 1. The molecule has 0 spiro atoms. The number of nitrogens with zero attached hydrogens (tertiary/aromatic N) is 1. The van der Waals surface area contributed by atoms with E-state index < -0.39 is 6.61 Å². The lowest BCUT2D eigenvalue weighted by atomic mass is 10.0. The topological polar surface area (TPSA) is 48.1 Å². The van der Waals surface area contributed by atoms with Gasteiger partial charge in [-0.2, -0.15) is 8.78 Å². The molecule has 1 atom stereocenters. The number of halogens is 2. The first-order valence-corrected chi connectivity index (χ1v) is 6.64. The van der Waals surface area contributed by atoms with Gasteiger partial charge in [-0.1, -0.05) is 12.1 Å². The zero-order valence-corrected chi connectivity index (χ0v) is 11.2. The Balaban J connectivity index is 2.08. The van der Waals surface area contributed by atoms with Crippen LogP contribution in [0.1, 0.15) is 22.3 Å². The Bertz CT molecular complexity index is 545.